The maximum atomic E-state index is 5.52. The van der Waals surface area contributed by atoms with Gasteiger partial charge in [0.15, 0.2) is 0 Å². The summed E-state index contributed by atoms with van der Waals surface area (Å²) in [7, 11) is 0. The third-order valence-electron chi connectivity index (χ3n) is 10.6. The second kappa shape index (κ2) is 13.1. The third-order valence-corrected chi connectivity index (χ3v) is 10.6. The SMILES string of the molecule is Cc1cccc(-n2c(-c3cccc4c3[n-]c3ccccc34)nc3c(-c4[c-]c5c(cc4)c4ccccc4n5-c4cc(-c5ccccc5)ccn4)cccc32)c1.[Pt+2]. The number of benzene rings is 7. The topological polar surface area (TPSA) is 49.7 Å². The molecule has 11 rings (SSSR count). The molecule has 0 saturated heterocycles. The Balaban J connectivity index is 0.00000372. The van der Waals surface area contributed by atoms with Crippen LogP contribution in [0.2, 0.25) is 0 Å². The molecule has 0 bridgehead atoms. The van der Waals surface area contributed by atoms with Crippen molar-refractivity contribution in [3.8, 4) is 45.1 Å². The number of aromatic nitrogens is 5. The molecule has 0 unspecified atom stereocenters. The van der Waals surface area contributed by atoms with Gasteiger partial charge in [0.2, 0.25) is 0 Å². The van der Waals surface area contributed by atoms with E-state index < -0.39 is 0 Å². The van der Waals surface area contributed by atoms with E-state index in [1.54, 1.807) is 0 Å². The summed E-state index contributed by atoms with van der Waals surface area (Å²) in [5.41, 5.74) is 13.4. The molecule has 0 radical (unpaired) electrons. The van der Waals surface area contributed by atoms with E-state index in [1.165, 1.54) is 5.56 Å². The smallest absolute Gasteiger partial charge is 0.656 e. The Hall–Kier alpha value is -6.55. The van der Waals surface area contributed by atoms with Crippen molar-refractivity contribution >= 4 is 54.6 Å². The summed E-state index contributed by atoms with van der Waals surface area (Å²) in [4.78, 5) is 15.6. The van der Waals surface area contributed by atoms with Gasteiger partial charge in [-0.1, -0.05) is 126 Å². The zero-order valence-corrected chi connectivity index (χ0v) is 32.0. The molecule has 6 heteroatoms. The summed E-state index contributed by atoms with van der Waals surface area (Å²) in [5, 5.41) is 4.56. The number of nitrogens with zero attached hydrogens (tertiary/aromatic N) is 5. The summed E-state index contributed by atoms with van der Waals surface area (Å²) in [6.07, 6.45) is 1.90. The molecule has 262 valence electrons. The zero-order chi connectivity index (χ0) is 35.8. The van der Waals surface area contributed by atoms with E-state index in [2.05, 4.69) is 174 Å². The van der Waals surface area contributed by atoms with E-state index in [9.17, 15) is 0 Å². The van der Waals surface area contributed by atoms with Gasteiger partial charge in [-0.15, -0.1) is 34.8 Å². The molecule has 0 aliphatic heterocycles. The first-order valence-electron chi connectivity index (χ1n) is 18.2. The monoisotopic (exact) mass is 884 g/mol. The first-order chi connectivity index (χ1) is 26.7. The average molecular weight is 885 g/mol. The minimum absolute atomic E-state index is 0. The van der Waals surface area contributed by atoms with Crippen LogP contribution in [0.4, 0.5) is 0 Å². The van der Waals surface area contributed by atoms with Gasteiger partial charge in [0.05, 0.1) is 11.0 Å². The van der Waals surface area contributed by atoms with Crippen LogP contribution in [0.1, 0.15) is 5.56 Å². The van der Waals surface area contributed by atoms with E-state index in [-0.39, 0.29) is 21.1 Å². The van der Waals surface area contributed by atoms with Gasteiger partial charge in [-0.05, 0) is 81.7 Å². The third kappa shape index (κ3) is 5.26. The molecule has 7 aromatic carbocycles. The molecule has 0 atom stereocenters. The van der Waals surface area contributed by atoms with Crippen molar-refractivity contribution in [3.63, 3.8) is 0 Å². The number of rotatable bonds is 5. The molecule has 0 N–H and O–H groups in total. The number of fused-ring (bicyclic) bond motifs is 7. The second-order valence-corrected chi connectivity index (χ2v) is 13.9. The molecule has 0 aliphatic rings. The number of aryl methyl sites for hydroxylation is 1. The van der Waals surface area contributed by atoms with Crippen LogP contribution < -0.4 is 4.98 Å². The fraction of sp³-hybridized carbons (Fsp3) is 0.0204. The second-order valence-electron chi connectivity index (χ2n) is 13.9. The number of para-hydroxylation sites is 4. The minimum Gasteiger partial charge on any atom is -0.656 e. The molecule has 4 aromatic heterocycles. The predicted octanol–water partition coefficient (Wildman–Crippen LogP) is 11.9. The molecule has 0 spiro atoms. The van der Waals surface area contributed by atoms with Gasteiger partial charge in [0.25, 0.3) is 0 Å². The van der Waals surface area contributed by atoms with Crippen LogP contribution >= 0.6 is 0 Å². The Bertz CT molecular complexity index is 3240. The average Bonchev–Trinajstić information content (AvgIpc) is 3.91. The quantitative estimate of drug-likeness (QED) is 0.162. The summed E-state index contributed by atoms with van der Waals surface area (Å²) < 4.78 is 4.53. The van der Waals surface area contributed by atoms with E-state index in [0.717, 1.165) is 99.8 Å². The Morgan fingerprint density at radius 2 is 1.31 bits per heavy atom. The van der Waals surface area contributed by atoms with Crippen molar-refractivity contribution in [2.45, 2.75) is 6.92 Å². The summed E-state index contributed by atoms with van der Waals surface area (Å²) in [6, 6.07) is 61.4. The Morgan fingerprint density at radius 3 is 2.20 bits per heavy atom. The largest absolute Gasteiger partial charge is 2.00 e. The molecule has 0 saturated carbocycles. The van der Waals surface area contributed by atoms with Crippen molar-refractivity contribution < 1.29 is 21.1 Å². The van der Waals surface area contributed by atoms with Crippen LogP contribution in [0.3, 0.4) is 0 Å². The van der Waals surface area contributed by atoms with Crippen LogP contribution in [0.5, 0.6) is 0 Å². The van der Waals surface area contributed by atoms with Gasteiger partial charge in [-0.2, -0.15) is 0 Å². The first-order valence-corrected chi connectivity index (χ1v) is 18.2. The predicted molar refractivity (Wildman–Crippen MR) is 221 cm³/mol. The van der Waals surface area contributed by atoms with E-state index in [1.807, 2.05) is 18.3 Å². The van der Waals surface area contributed by atoms with Crippen molar-refractivity contribution in [1.29, 1.82) is 0 Å². The summed E-state index contributed by atoms with van der Waals surface area (Å²) in [6.45, 7) is 2.13. The molecular formula is C49H31N5Pt. The van der Waals surface area contributed by atoms with Gasteiger partial charge >= 0.3 is 21.1 Å². The van der Waals surface area contributed by atoms with E-state index in [0.29, 0.717) is 0 Å². The van der Waals surface area contributed by atoms with Gasteiger partial charge in [0.1, 0.15) is 11.6 Å². The number of hydrogen-bond acceptors (Lipinski definition) is 2. The van der Waals surface area contributed by atoms with Crippen molar-refractivity contribution in [2.24, 2.45) is 0 Å². The maximum Gasteiger partial charge on any atom is 2.00 e. The van der Waals surface area contributed by atoms with E-state index in [4.69, 9.17) is 15.0 Å². The van der Waals surface area contributed by atoms with Crippen LogP contribution in [-0.4, -0.2) is 19.1 Å². The maximum absolute atomic E-state index is 5.52. The number of hydrogen-bond donors (Lipinski definition) is 0. The number of pyridine rings is 1. The normalized spacial score (nSPS) is 11.6. The standard InChI is InChI=1S/C49H31N5.Pt/c1-31-12-9-15-35(28-31)53-44-23-11-18-36(48(44)52-49(53)41-20-10-19-40-37-16-5-7-21-42(37)51-47(40)41)34-24-25-39-38-17-6-8-22-43(38)54(45(39)29-34)46-30-33(26-27-50-46)32-13-3-2-4-14-32;/h2-28,30H,1H3;/q-2;+2. The van der Waals surface area contributed by atoms with Crippen molar-refractivity contribution in [2.75, 3.05) is 0 Å². The Labute approximate surface area is 331 Å². The van der Waals surface area contributed by atoms with Gasteiger partial charge in [-0.3, -0.25) is 4.57 Å². The molecule has 0 amide bonds. The van der Waals surface area contributed by atoms with Crippen LogP contribution in [0.25, 0.3) is 99.8 Å². The van der Waals surface area contributed by atoms with Crippen molar-refractivity contribution in [3.05, 3.63) is 182 Å². The van der Waals surface area contributed by atoms with Crippen LogP contribution in [0, 0.1) is 13.0 Å². The Kier molecular flexibility index (Phi) is 7.86. The molecule has 4 heterocycles. The first kappa shape index (κ1) is 33.0. The van der Waals surface area contributed by atoms with Crippen LogP contribution in [-0.2, 0) is 21.1 Å². The fourth-order valence-corrected chi connectivity index (χ4v) is 8.15. The van der Waals surface area contributed by atoms with Gasteiger partial charge in [-0.25, -0.2) is 9.97 Å². The Morgan fingerprint density at radius 1 is 0.564 bits per heavy atom. The molecular weight excluding hydrogens is 854 g/mol. The molecule has 0 aliphatic carbocycles. The molecule has 5 nitrogen and oxygen atoms in total. The number of imidazole rings is 1. The van der Waals surface area contributed by atoms with Crippen molar-refractivity contribution in [1.82, 2.24) is 24.1 Å². The minimum atomic E-state index is 0. The van der Waals surface area contributed by atoms with Crippen LogP contribution in [0.15, 0.2) is 170 Å². The molecule has 55 heavy (non-hydrogen) atoms. The summed E-state index contributed by atoms with van der Waals surface area (Å²) >= 11 is 0. The molecule has 11 aromatic rings. The zero-order valence-electron chi connectivity index (χ0n) is 29.7. The van der Waals surface area contributed by atoms with E-state index >= 15 is 0 Å². The molecule has 0 fully saturated rings. The fourth-order valence-electron chi connectivity index (χ4n) is 8.15. The van der Waals surface area contributed by atoms with Gasteiger partial charge in [0, 0.05) is 23.0 Å². The van der Waals surface area contributed by atoms with Gasteiger partial charge < -0.3 is 9.55 Å². The summed E-state index contributed by atoms with van der Waals surface area (Å²) in [5.74, 6) is 1.71.